The normalized spacial score (nSPS) is 33.2. The molecule has 2 aliphatic heterocycles. The molecule has 9 heteroatoms. The SMILES string of the molecule is CC1(CCl)COC(=O)N1.CC1(CCl)COC(=O)N1Br. The highest BCUT2D eigenvalue weighted by atomic mass is 79.9. The molecule has 2 heterocycles. The van der Waals surface area contributed by atoms with Crippen LogP contribution < -0.4 is 5.32 Å². The lowest BCUT2D eigenvalue weighted by Crippen LogP contribution is -2.41. The lowest BCUT2D eigenvalue weighted by molar-refractivity contribution is 0.170. The number of alkyl halides is 2. The van der Waals surface area contributed by atoms with Crippen LogP contribution in [-0.4, -0.2) is 52.2 Å². The summed E-state index contributed by atoms with van der Waals surface area (Å²) in [6.45, 7) is 4.40. The number of rotatable bonds is 2. The lowest BCUT2D eigenvalue weighted by atomic mass is 10.1. The maximum absolute atomic E-state index is 10.7. The smallest absolute Gasteiger partial charge is 0.420 e. The zero-order valence-corrected chi connectivity index (χ0v) is 13.6. The highest BCUT2D eigenvalue weighted by molar-refractivity contribution is 9.07. The number of amides is 2. The second-order valence-corrected chi connectivity index (χ2v) is 6.11. The summed E-state index contributed by atoms with van der Waals surface area (Å²) in [5.41, 5.74) is -0.739. The molecule has 2 unspecified atom stereocenters. The fourth-order valence-corrected chi connectivity index (χ4v) is 2.07. The maximum Gasteiger partial charge on any atom is 0.420 e. The summed E-state index contributed by atoms with van der Waals surface area (Å²) < 4.78 is 10.7. The van der Waals surface area contributed by atoms with Crippen LogP contribution in [0.15, 0.2) is 0 Å². The van der Waals surface area contributed by atoms with E-state index in [0.29, 0.717) is 25.0 Å². The van der Waals surface area contributed by atoms with Crippen molar-refractivity contribution in [1.29, 1.82) is 0 Å². The largest absolute Gasteiger partial charge is 0.447 e. The molecule has 0 aromatic carbocycles. The van der Waals surface area contributed by atoms with Gasteiger partial charge in [-0.2, -0.15) is 0 Å². The topological polar surface area (TPSA) is 67.9 Å². The van der Waals surface area contributed by atoms with Crippen LogP contribution in [0.2, 0.25) is 0 Å². The van der Waals surface area contributed by atoms with Gasteiger partial charge in [0.15, 0.2) is 0 Å². The van der Waals surface area contributed by atoms with E-state index in [1.807, 2.05) is 13.8 Å². The van der Waals surface area contributed by atoms with Crippen molar-refractivity contribution in [3.05, 3.63) is 0 Å². The van der Waals surface area contributed by atoms with Crippen LogP contribution in [0, 0.1) is 0 Å². The molecule has 19 heavy (non-hydrogen) atoms. The van der Waals surface area contributed by atoms with Crippen LogP contribution in [0.25, 0.3) is 0 Å². The van der Waals surface area contributed by atoms with E-state index in [1.54, 1.807) is 0 Å². The number of ether oxygens (including phenoxy) is 2. The Morgan fingerprint density at radius 1 is 1.26 bits per heavy atom. The van der Waals surface area contributed by atoms with Gasteiger partial charge in [0.25, 0.3) is 0 Å². The Bertz CT molecular complexity index is 373. The molecule has 0 aromatic rings. The summed E-state index contributed by atoms with van der Waals surface area (Å²) in [5.74, 6) is 0.753. The Balaban J connectivity index is 0.000000191. The van der Waals surface area contributed by atoms with Crippen molar-refractivity contribution in [1.82, 2.24) is 9.24 Å². The second-order valence-electron chi connectivity index (χ2n) is 4.86. The fourth-order valence-electron chi connectivity index (χ4n) is 1.26. The standard InChI is InChI=1S/C5H7BrClNO2.C5H8ClNO2/c1-5(2-7)3-10-4(9)8(5)6;1-5(2-6)3-9-4(8)7-5/h2-3H2,1H3;2-3H2,1H3,(H,7,8). The van der Waals surface area contributed by atoms with Gasteiger partial charge in [-0.05, 0) is 13.8 Å². The molecule has 0 saturated carbocycles. The minimum Gasteiger partial charge on any atom is -0.447 e. The van der Waals surface area contributed by atoms with E-state index in [4.69, 9.17) is 27.9 Å². The average molecular weight is 378 g/mol. The third kappa shape index (κ3) is 4.03. The molecule has 110 valence electrons. The van der Waals surface area contributed by atoms with Gasteiger partial charge in [0.05, 0.1) is 21.7 Å². The molecule has 2 rings (SSSR count). The number of nitrogens with one attached hydrogen (secondary N) is 1. The van der Waals surface area contributed by atoms with Gasteiger partial charge in [0.2, 0.25) is 0 Å². The third-order valence-corrected chi connectivity index (χ3v) is 4.96. The summed E-state index contributed by atoms with van der Waals surface area (Å²) >= 11 is 14.2. The number of halogens is 3. The van der Waals surface area contributed by atoms with E-state index in [0.717, 1.165) is 0 Å². The lowest BCUT2D eigenvalue weighted by Gasteiger charge is -2.22. The van der Waals surface area contributed by atoms with Crippen molar-refractivity contribution in [2.24, 2.45) is 0 Å². The van der Waals surface area contributed by atoms with Crippen molar-refractivity contribution in [3.8, 4) is 0 Å². The van der Waals surface area contributed by atoms with Crippen molar-refractivity contribution in [3.63, 3.8) is 0 Å². The summed E-state index contributed by atoms with van der Waals surface area (Å²) in [6.07, 6.45) is -0.749. The number of alkyl carbamates (subject to hydrolysis) is 1. The Hall–Kier alpha value is -0.400. The zero-order valence-electron chi connectivity index (χ0n) is 10.5. The fraction of sp³-hybridized carbons (Fsp3) is 0.800. The molecule has 2 aliphatic rings. The van der Waals surface area contributed by atoms with Crippen LogP contribution in [0.3, 0.4) is 0 Å². The minimum atomic E-state index is -0.390. The Labute approximate surface area is 130 Å². The van der Waals surface area contributed by atoms with Crippen LogP contribution in [0.5, 0.6) is 0 Å². The van der Waals surface area contributed by atoms with E-state index in [-0.39, 0.29) is 17.7 Å². The van der Waals surface area contributed by atoms with Crippen molar-refractivity contribution in [2.75, 3.05) is 25.0 Å². The first-order valence-electron chi connectivity index (χ1n) is 5.46. The Morgan fingerprint density at radius 2 is 1.89 bits per heavy atom. The van der Waals surface area contributed by atoms with Gasteiger partial charge in [-0.3, -0.25) is 0 Å². The molecule has 0 aliphatic carbocycles. The monoisotopic (exact) mass is 376 g/mol. The Morgan fingerprint density at radius 3 is 2.11 bits per heavy atom. The summed E-state index contributed by atoms with van der Waals surface area (Å²) in [6, 6.07) is 0. The van der Waals surface area contributed by atoms with E-state index in [9.17, 15) is 9.59 Å². The van der Waals surface area contributed by atoms with Crippen LogP contribution in [0.1, 0.15) is 13.8 Å². The number of nitrogens with zero attached hydrogens (tertiary/aromatic N) is 1. The predicted molar refractivity (Wildman–Crippen MR) is 74.8 cm³/mol. The van der Waals surface area contributed by atoms with Gasteiger partial charge < -0.3 is 14.8 Å². The third-order valence-electron chi connectivity index (χ3n) is 2.65. The van der Waals surface area contributed by atoms with Crippen LogP contribution in [-0.2, 0) is 9.47 Å². The number of cyclic esters (lactones) is 2. The second kappa shape index (κ2) is 6.37. The minimum absolute atomic E-state index is 0.348. The van der Waals surface area contributed by atoms with Gasteiger partial charge in [0, 0.05) is 11.8 Å². The quantitative estimate of drug-likeness (QED) is 0.592. The first kappa shape index (κ1) is 16.7. The van der Waals surface area contributed by atoms with Gasteiger partial charge in [-0.1, -0.05) is 0 Å². The molecule has 2 atom stereocenters. The number of carbonyl (C=O) groups excluding carboxylic acids is 2. The highest BCUT2D eigenvalue weighted by Crippen LogP contribution is 2.28. The van der Waals surface area contributed by atoms with Gasteiger partial charge in [-0.25, -0.2) is 13.5 Å². The molecule has 6 nitrogen and oxygen atoms in total. The van der Waals surface area contributed by atoms with E-state index in [1.165, 1.54) is 3.93 Å². The molecule has 0 aromatic heterocycles. The molecule has 2 saturated heterocycles. The molecule has 2 fully saturated rings. The molecule has 1 N–H and O–H groups in total. The molecule has 0 radical (unpaired) electrons. The first-order valence-corrected chi connectivity index (χ1v) is 7.24. The van der Waals surface area contributed by atoms with Gasteiger partial charge >= 0.3 is 12.2 Å². The number of hydrogen-bond donors (Lipinski definition) is 1. The van der Waals surface area contributed by atoms with E-state index in [2.05, 4.69) is 26.2 Å². The summed E-state index contributed by atoms with van der Waals surface area (Å²) in [4.78, 5) is 21.2. The van der Waals surface area contributed by atoms with Crippen molar-refractivity contribution in [2.45, 2.75) is 24.9 Å². The molecule has 0 spiro atoms. The zero-order chi connectivity index (χ0) is 14.7. The van der Waals surface area contributed by atoms with E-state index >= 15 is 0 Å². The molecule has 2 amide bonds. The van der Waals surface area contributed by atoms with Crippen molar-refractivity contribution >= 4 is 51.5 Å². The highest BCUT2D eigenvalue weighted by Gasteiger charge is 2.42. The molecular weight excluding hydrogens is 363 g/mol. The molecular formula is C10H15BrCl2N2O4. The predicted octanol–water partition coefficient (Wildman–Crippen LogP) is 2.47. The molecule has 0 bridgehead atoms. The first-order chi connectivity index (χ1) is 8.76. The van der Waals surface area contributed by atoms with Crippen LogP contribution in [0.4, 0.5) is 9.59 Å². The summed E-state index contributed by atoms with van der Waals surface area (Å²) in [7, 11) is 0. The number of carbonyl (C=O) groups is 2. The number of hydrogen-bond acceptors (Lipinski definition) is 4. The Kier molecular flexibility index (Phi) is 5.58. The van der Waals surface area contributed by atoms with Gasteiger partial charge in [0.1, 0.15) is 18.8 Å². The maximum atomic E-state index is 10.7. The summed E-state index contributed by atoms with van der Waals surface area (Å²) in [5, 5.41) is 2.59. The van der Waals surface area contributed by atoms with Crippen molar-refractivity contribution < 1.29 is 19.1 Å². The van der Waals surface area contributed by atoms with Gasteiger partial charge in [-0.15, -0.1) is 23.2 Å². The average Bonchev–Trinajstić information content (AvgIpc) is 2.87. The van der Waals surface area contributed by atoms with E-state index < -0.39 is 5.54 Å². The van der Waals surface area contributed by atoms with Crippen LogP contribution >= 0.6 is 39.3 Å².